The minimum Gasteiger partial charge on any atom is -0.345 e. The first-order chi connectivity index (χ1) is 13.2. The van der Waals surface area contributed by atoms with Gasteiger partial charge < -0.3 is 10.6 Å². The third-order valence-electron chi connectivity index (χ3n) is 4.52. The molecule has 0 saturated heterocycles. The fourth-order valence-electron chi connectivity index (χ4n) is 2.83. The molecule has 0 saturated carbocycles. The van der Waals surface area contributed by atoms with Crippen molar-refractivity contribution in [2.45, 2.75) is 18.7 Å². The van der Waals surface area contributed by atoms with Gasteiger partial charge in [0.05, 0.1) is 12.1 Å². The lowest BCUT2D eigenvalue weighted by Crippen LogP contribution is -2.42. The van der Waals surface area contributed by atoms with Gasteiger partial charge in [-0.2, -0.15) is 0 Å². The number of nitrogens with one attached hydrogen (secondary N) is 2. The molecule has 0 aromatic heterocycles. The summed E-state index contributed by atoms with van der Waals surface area (Å²) in [4.78, 5) is 36.3. The van der Waals surface area contributed by atoms with Gasteiger partial charge >= 0.3 is 0 Å². The zero-order valence-electron chi connectivity index (χ0n) is 15.4. The number of nitrogens with zero attached hydrogens (tertiary/aromatic N) is 1. The number of hydrogen-bond acceptors (Lipinski definition) is 5. The van der Waals surface area contributed by atoms with Gasteiger partial charge in [0.2, 0.25) is 11.8 Å². The summed E-state index contributed by atoms with van der Waals surface area (Å²) in [6, 6.07) is 11.2. The molecule has 9 heteroatoms. The van der Waals surface area contributed by atoms with Gasteiger partial charge in [0.1, 0.15) is 11.4 Å². The minimum absolute atomic E-state index is 0.0305. The van der Waals surface area contributed by atoms with Crippen LogP contribution >= 0.6 is 0 Å². The van der Waals surface area contributed by atoms with Crippen LogP contribution in [0.4, 0.5) is 5.69 Å². The molecular formula is C19H19N3O5S. The largest absolute Gasteiger partial charge is 0.345 e. The molecule has 0 radical (unpaired) electrons. The predicted octanol–water partition coefficient (Wildman–Crippen LogP) is 1.20. The van der Waals surface area contributed by atoms with Crippen molar-refractivity contribution in [3.8, 4) is 0 Å². The first-order valence-corrected chi connectivity index (χ1v) is 9.94. The molecule has 1 aliphatic heterocycles. The number of benzene rings is 2. The molecule has 0 bridgehead atoms. The summed E-state index contributed by atoms with van der Waals surface area (Å²) >= 11 is 0. The molecule has 146 valence electrons. The molecule has 1 heterocycles. The Balaban J connectivity index is 1.60. The quantitative estimate of drug-likeness (QED) is 0.782. The first-order valence-electron chi connectivity index (χ1n) is 8.50. The second kappa shape index (κ2) is 7.43. The fraction of sp³-hybridized carbons (Fsp3) is 0.211. The number of anilines is 1. The smallest absolute Gasteiger partial charge is 0.269 e. The summed E-state index contributed by atoms with van der Waals surface area (Å²) in [6.45, 7) is 2.75. The zero-order valence-corrected chi connectivity index (χ0v) is 16.2. The van der Waals surface area contributed by atoms with Gasteiger partial charge in [0.15, 0.2) is 0 Å². The standard InChI is InChI=1S/C19H19N3O5S/c1-12-6-5-8-15(13(12)2)21-17(23)10-20-18(24)11-22-19(25)14-7-3-4-9-16(14)28(22,26)27/h3-9H,10-11H2,1-2H3,(H,20,24)(H,21,23). The number of carbonyl (C=O) groups is 3. The van der Waals surface area contributed by atoms with Crippen LogP contribution in [0.25, 0.3) is 0 Å². The highest BCUT2D eigenvalue weighted by molar-refractivity contribution is 7.90. The van der Waals surface area contributed by atoms with Gasteiger partial charge in [-0.1, -0.05) is 24.3 Å². The number of hydrogen-bond donors (Lipinski definition) is 2. The van der Waals surface area contributed by atoms with Crippen molar-refractivity contribution in [2.75, 3.05) is 18.4 Å². The molecule has 2 aromatic rings. The predicted molar refractivity (Wildman–Crippen MR) is 102 cm³/mol. The van der Waals surface area contributed by atoms with E-state index in [1.54, 1.807) is 18.2 Å². The summed E-state index contributed by atoms with van der Waals surface area (Å²) in [6.07, 6.45) is 0. The topological polar surface area (TPSA) is 113 Å². The Kier molecular flexibility index (Phi) is 5.19. The van der Waals surface area contributed by atoms with E-state index in [9.17, 15) is 22.8 Å². The number of amides is 3. The van der Waals surface area contributed by atoms with Crippen LogP contribution < -0.4 is 10.6 Å². The number of sulfonamides is 1. The van der Waals surface area contributed by atoms with Gasteiger partial charge in [-0.25, -0.2) is 12.7 Å². The third kappa shape index (κ3) is 3.61. The lowest BCUT2D eigenvalue weighted by atomic mass is 10.1. The van der Waals surface area contributed by atoms with Gasteiger partial charge in [-0.15, -0.1) is 0 Å². The highest BCUT2D eigenvalue weighted by atomic mass is 32.2. The zero-order chi connectivity index (χ0) is 20.5. The van der Waals surface area contributed by atoms with E-state index < -0.39 is 34.3 Å². The molecule has 2 aromatic carbocycles. The van der Waals surface area contributed by atoms with Gasteiger partial charge in [-0.3, -0.25) is 14.4 Å². The molecule has 1 aliphatic rings. The molecule has 0 spiro atoms. The van der Waals surface area contributed by atoms with Crippen LogP contribution in [-0.4, -0.2) is 43.5 Å². The molecule has 3 rings (SSSR count). The number of carbonyl (C=O) groups excluding carboxylic acids is 3. The Morgan fingerprint density at radius 3 is 2.43 bits per heavy atom. The van der Waals surface area contributed by atoms with Crippen LogP contribution in [0, 0.1) is 13.8 Å². The average Bonchev–Trinajstić information content (AvgIpc) is 2.85. The van der Waals surface area contributed by atoms with E-state index >= 15 is 0 Å². The van der Waals surface area contributed by atoms with E-state index in [2.05, 4.69) is 10.6 Å². The highest BCUT2D eigenvalue weighted by Gasteiger charge is 2.41. The molecule has 0 aliphatic carbocycles. The first kappa shape index (κ1) is 19.6. The second-order valence-electron chi connectivity index (χ2n) is 6.39. The lowest BCUT2D eigenvalue weighted by Gasteiger charge is -2.15. The maximum atomic E-state index is 12.4. The van der Waals surface area contributed by atoms with Crippen LogP contribution in [0.15, 0.2) is 47.4 Å². The number of aryl methyl sites for hydroxylation is 1. The molecule has 0 fully saturated rings. The normalized spacial score (nSPS) is 14.5. The summed E-state index contributed by atoms with van der Waals surface area (Å²) in [5, 5.41) is 5.03. The van der Waals surface area contributed by atoms with Crippen LogP contribution in [0.1, 0.15) is 21.5 Å². The molecular weight excluding hydrogens is 382 g/mol. The summed E-state index contributed by atoms with van der Waals surface area (Å²) in [5.74, 6) is -1.97. The molecule has 3 amide bonds. The van der Waals surface area contributed by atoms with Crippen molar-refractivity contribution in [2.24, 2.45) is 0 Å². The van der Waals surface area contributed by atoms with E-state index in [4.69, 9.17) is 0 Å². The van der Waals surface area contributed by atoms with Crippen LogP contribution in [0.5, 0.6) is 0 Å². The average molecular weight is 401 g/mol. The van der Waals surface area contributed by atoms with E-state index in [0.717, 1.165) is 11.1 Å². The summed E-state index contributed by atoms with van der Waals surface area (Å²) in [5.41, 5.74) is 2.59. The van der Waals surface area contributed by atoms with Crippen molar-refractivity contribution in [3.63, 3.8) is 0 Å². The van der Waals surface area contributed by atoms with Gasteiger partial charge in [-0.05, 0) is 43.2 Å². The Hall–Kier alpha value is -3.20. The Morgan fingerprint density at radius 1 is 1.00 bits per heavy atom. The Bertz CT molecular complexity index is 1080. The van der Waals surface area contributed by atoms with Gasteiger partial charge in [0.25, 0.3) is 15.9 Å². The van der Waals surface area contributed by atoms with Crippen molar-refractivity contribution in [1.82, 2.24) is 9.62 Å². The van der Waals surface area contributed by atoms with Crippen molar-refractivity contribution in [1.29, 1.82) is 0 Å². The minimum atomic E-state index is -4.07. The molecule has 8 nitrogen and oxygen atoms in total. The van der Waals surface area contributed by atoms with Crippen molar-refractivity contribution >= 4 is 33.4 Å². The van der Waals surface area contributed by atoms with Crippen LogP contribution in [-0.2, 0) is 19.6 Å². The second-order valence-corrected chi connectivity index (χ2v) is 8.22. The summed E-state index contributed by atoms with van der Waals surface area (Å²) in [7, 11) is -4.07. The van der Waals surface area contributed by atoms with E-state index in [1.807, 2.05) is 19.9 Å². The SMILES string of the molecule is Cc1cccc(NC(=O)CNC(=O)CN2C(=O)c3ccccc3S2(=O)=O)c1C. The monoisotopic (exact) mass is 401 g/mol. The van der Waals surface area contributed by atoms with Crippen LogP contribution in [0.2, 0.25) is 0 Å². The van der Waals surface area contributed by atoms with E-state index in [0.29, 0.717) is 9.99 Å². The van der Waals surface area contributed by atoms with E-state index in [1.165, 1.54) is 18.2 Å². The Labute approximate surface area is 162 Å². The number of rotatable bonds is 5. The Morgan fingerprint density at radius 2 is 1.71 bits per heavy atom. The molecule has 28 heavy (non-hydrogen) atoms. The van der Waals surface area contributed by atoms with Gasteiger partial charge in [0, 0.05) is 5.69 Å². The maximum Gasteiger partial charge on any atom is 0.269 e. The van der Waals surface area contributed by atoms with Crippen molar-refractivity contribution < 1.29 is 22.8 Å². The van der Waals surface area contributed by atoms with Crippen molar-refractivity contribution in [3.05, 3.63) is 59.2 Å². The lowest BCUT2D eigenvalue weighted by molar-refractivity contribution is -0.124. The highest BCUT2D eigenvalue weighted by Crippen LogP contribution is 2.29. The fourth-order valence-corrected chi connectivity index (χ4v) is 4.36. The molecule has 2 N–H and O–H groups in total. The molecule has 0 unspecified atom stereocenters. The maximum absolute atomic E-state index is 12.4. The van der Waals surface area contributed by atoms with Crippen LogP contribution in [0.3, 0.4) is 0 Å². The molecule has 0 atom stereocenters. The third-order valence-corrected chi connectivity index (χ3v) is 6.31. The summed E-state index contributed by atoms with van der Waals surface area (Å²) < 4.78 is 25.4. The number of fused-ring (bicyclic) bond motifs is 1. The van der Waals surface area contributed by atoms with E-state index in [-0.39, 0.29) is 17.0 Å².